The predicted molar refractivity (Wildman–Crippen MR) is 75.9 cm³/mol. The third-order valence-electron chi connectivity index (χ3n) is 3.33. The Kier molecular flexibility index (Phi) is 4.32. The largest absolute Gasteiger partial charge is 0.337 e. The fraction of sp³-hybridized carbons (Fsp3) is 0.467. The lowest BCUT2D eigenvalue weighted by atomic mass is 10.0. The first kappa shape index (κ1) is 13.7. The van der Waals surface area contributed by atoms with Crippen LogP contribution in [0.4, 0.5) is 0 Å². The molecule has 0 aliphatic rings. The molecule has 1 aromatic heterocycles. The standard InChI is InChI=1S/C15H21N3O/c1-5-13(16-4)15-17-14(18-19-15)12-8-6-11(7-9-12)10(2)3/h6-10,13,16H,5H2,1-4H3. The molecule has 2 aromatic rings. The summed E-state index contributed by atoms with van der Waals surface area (Å²) in [5, 5.41) is 7.21. The van der Waals surface area contributed by atoms with Crippen LogP contribution in [0.15, 0.2) is 28.8 Å². The predicted octanol–water partition coefficient (Wildman–Crippen LogP) is 3.53. The van der Waals surface area contributed by atoms with Gasteiger partial charge in [-0.2, -0.15) is 4.98 Å². The minimum atomic E-state index is 0.121. The van der Waals surface area contributed by atoms with E-state index in [2.05, 4.69) is 48.4 Å². The van der Waals surface area contributed by atoms with E-state index in [0.717, 1.165) is 12.0 Å². The number of hydrogen-bond acceptors (Lipinski definition) is 4. The molecule has 102 valence electrons. The van der Waals surface area contributed by atoms with Crippen molar-refractivity contribution < 1.29 is 4.52 Å². The van der Waals surface area contributed by atoms with Crippen LogP contribution in [0.5, 0.6) is 0 Å². The van der Waals surface area contributed by atoms with E-state index in [0.29, 0.717) is 17.6 Å². The lowest BCUT2D eigenvalue weighted by Gasteiger charge is -2.06. The summed E-state index contributed by atoms with van der Waals surface area (Å²) in [5.74, 6) is 1.83. The van der Waals surface area contributed by atoms with Crippen LogP contribution in [0, 0.1) is 0 Å². The van der Waals surface area contributed by atoms with Crippen molar-refractivity contribution in [2.75, 3.05) is 7.05 Å². The van der Waals surface area contributed by atoms with Crippen LogP contribution in [-0.4, -0.2) is 17.2 Å². The van der Waals surface area contributed by atoms with Crippen LogP contribution in [0.1, 0.15) is 50.6 Å². The van der Waals surface area contributed by atoms with Gasteiger partial charge in [0, 0.05) is 5.56 Å². The van der Waals surface area contributed by atoms with Crippen LogP contribution < -0.4 is 5.32 Å². The molecular formula is C15H21N3O. The number of benzene rings is 1. The van der Waals surface area contributed by atoms with E-state index in [4.69, 9.17) is 4.52 Å². The monoisotopic (exact) mass is 259 g/mol. The smallest absolute Gasteiger partial charge is 0.244 e. The minimum Gasteiger partial charge on any atom is -0.337 e. The highest BCUT2D eigenvalue weighted by atomic mass is 16.5. The third kappa shape index (κ3) is 3.01. The zero-order valence-electron chi connectivity index (χ0n) is 12.0. The SMILES string of the molecule is CCC(NC)c1nc(-c2ccc(C(C)C)cc2)no1. The topological polar surface area (TPSA) is 51.0 Å². The fourth-order valence-corrected chi connectivity index (χ4v) is 2.01. The average Bonchev–Trinajstić information content (AvgIpc) is 2.90. The molecular weight excluding hydrogens is 238 g/mol. The Bertz CT molecular complexity index is 512. The van der Waals surface area contributed by atoms with Gasteiger partial charge >= 0.3 is 0 Å². The Hall–Kier alpha value is -1.68. The summed E-state index contributed by atoms with van der Waals surface area (Å²) in [4.78, 5) is 4.46. The lowest BCUT2D eigenvalue weighted by molar-refractivity contribution is 0.334. The molecule has 0 amide bonds. The Labute approximate surface area is 114 Å². The molecule has 2 rings (SSSR count). The Morgan fingerprint density at radius 3 is 2.42 bits per heavy atom. The molecule has 0 spiro atoms. The average molecular weight is 259 g/mol. The first-order chi connectivity index (χ1) is 9.15. The number of rotatable bonds is 5. The Balaban J connectivity index is 2.22. The molecule has 1 atom stereocenters. The lowest BCUT2D eigenvalue weighted by Crippen LogP contribution is -2.15. The van der Waals surface area contributed by atoms with E-state index in [1.165, 1.54) is 5.56 Å². The summed E-state index contributed by atoms with van der Waals surface area (Å²) in [6.07, 6.45) is 0.921. The summed E-state index contributed by atoms with van der Waals surface area (Å²) < 4.78 is 5.32. The highest BCUT2D eigenvalue weighted by molar-refractivity contribution is 5.54. The molecule has 4 nitrogen and oxygen atoms in total. The molecule has 1 heterocycles. The maximum Gasteiger partial charge on any atom is 0.244 e. The van der Waals surface area contributed by atoms with Gasteiger partial charge in [-0.1, -0.05) is 50.2 Å². The Morgan fingerprint density at radius 2 is 1.89 bits per heavy atom. The molecule has 0 saturated heterocycles. The van der Waals surface area contributed by atoms with Crippen LogP contribution in [0.2, 0.25) is 0 Å². The minimum absolute atomic E-state index is 0.121. The van der Waals surface area contributed by atoms with Gasteiger partial charge in [-0.15, -0.1) is 0 Å². The molecule has 0 aliphatic heterocycles. The van der Waals surface area contributed by atoms with Gasteiger partial charge in [0.25, 0.3) is 0 Å². The highest BCUT2D eigenvalue weighted by Gasteiger charge is 2.16. The van der Waals surface area contributed by atoms with Gasteiger partial charge in [-0.05, 0) is 24.9 Å². The van der Waals surface area contributed by atoms with Gasteiger partial charge in [0.2, 0.25) is 11.7 Å². The number of aromatic nitrogens is 2. The van der Waals surface area contributed by atoms with Crippen molar-refractivity contribution in [2.45, 2.75) is 39.2 Å². The van der Waals surface area contributed by atoms with Gasteiger partial charge < -0.3 is 9.84 Å². The first-order valence-corrected chi connectivity index (χ1v) is 6.76. The second-order valence-corrected chi connectivity index (χ2v) is 4.98. The van der Waals surface area contributed by atoms with Gasteiger partial charge in [0.15, 0.2) is 0 Å². The van der Waals surface area contributed by atoms with Crippen molar-refractivity contribution >= 4 is 0 Å². The molecule has 0 bridgehead atoms. The summed E-state index contributed by atoms with van der Waals surface area (Å²) in [6, 6.07) is 8.45. The molecule has 1 aromatic carbocycles. The zero-order valence-corrected chi connectivity index (χ0v) is 12.0. The molecule has 0 saturated carbocycles. The first-order valence-electron chi connectivity index (χ1n) is 6.76. The molecule has 1 N–H and O–H groups in total. The van der Waals surface area contributed by atoms with E-state index in [1.807, 2.05) is 19.2 Å². The van der Waals surface area contributed by atoms with E-state index in [9.17, 15) is 0 Å². The molecule has 0 radical (unpaired) electrons. The maximum atomic E-state index is 5.32. The zero-order chi connectivity index (χ0) is 13.8. The molecule has 0 fully saturated rings. The quantitative estimate of drug-likeness (QED) is 0.892. The van der Waals surface area contributed by atoms with Crippen LogP contribution in [0.3, 0.4) is 0 Å². The van der Waals surface area contributed by atoms with Crippen molar-refractivity contribution in [3.05, 3.63) is 35.7 Å². The van der Waals surface area contributed by atoms with Crippen LogP contribution in [0.25, 0.3) is 11.4 Å². The molecule has 4 heteroatoms. The Morgan fingerprint density at radius 1 is 1.21 bits per heavy atom. The normalized spacial score (nSPS) is 12.9. The van der Waals surface area contributed by atoms with Crippen molar-refractivity contribution in [3.63, 3.8) is 0 Å². The summed E-state index contributed by atoms with van der Waals surface area (Å²) in [6.45, 7) is 6.45. The van der Waals surface area contributed by atoms with Gasteiger partial charge in [0.05, 0.1) is 6.04 Å². The summed E-state index contributed by atoms with van der Waals surface area (Å²) in [5.41, 5.74) is 2.31. The second kappa shape index (κ2) is 5.97. The van der Waals surface area contributed by atoms with Crippen molar-refractivity contribution in [1.29, 1.82) is 0 Å². The van der Waals surface area contributed by atoms with Gasteiger partial charge in [-0.25, -0.2) is 0 Å². The fourth-order valence-electron chi connectivity index (χ4n) is 2.01. The maximum absolute atomic E-state index is 5.32. The van der Waals surface area contributed by atoms with Gasteiger partial charge in [-0.3, -0.25) is 0 Å². The van der Waals surface area contributed by atoms with E-state index >= 15 is 0 Å². The van der Waals surface area contributed by atoms with E-state index < -0.39 is 0 Å². The van der Waals surface area contributed by atoms with E-state index in [-0.39, 0.29) is 6.04 Å². The number of nitrogens with one attached hydrogen (secondary N) is 1. The van der Waals surface area contributed by atoms with E-state index in [1.54, 1.807) is 0 Å². The molecule has 1 unspecified atom stereocenters. The van der Waals surface area contributed by atoms with Crippen molar-refractivity contribution in [2.24, 2.45) is 0 Å². The van der Waals surface area contributed by atoms with Crippen molar-refractivity contribution in [3.8, 4) is 11.4 Å². The molecule has 19 heavy (non-hydrogen) atoms. The summed E-state index contributed by atoms with van der Waals surface area (Å²) >= 11 is 0. The van der Waals surface area contributed by atoms with Crippen molar-refractivity contribution in [1.82, 2.24) is 15.5 Å². The second-order valence-electron chi connectivity index (χ2n) is 4.98. The summed E-state index contributed by atoms with van der Waals surface area (Å²) in [7, 11) is 1.90. The number of hydrogen-bond donors (Lipinski definition) is 1. The van der Waals surface area contributed by atoms with Crippen LogP contribution >= 0.6 is 0 Å². The number of nitrogens with zero attached hydrogens (tertiary/aromatic N) is 2. The third-order valence-corrected chi connectivity index (χ3v) is 3.33. The molecule has 0 aliphatic carbocycles. The highest BCUT2D eigenvalue weighted by Crippen LogP contribution is 2.22. The van der Waals surface area contributed by atoms with Gasteiger partial charge in [0.1, 0.15) is 0 Å². The van der Waals surface area contributed by atoms with Crippen LogP contribution in [-0.2, 0) is 0 Å².